The van der Waals surface area contributed by atoms with E-state index in [1.165, 1.54) is 44.6 Å². The topological polar surface area (TPSA) is 78.5 Å². The summed E-state index contributed by atoms with van der Waals surface area (Å²) in [6.45, 7) is 3.94. The molecule has 1 aromatic carbocycles. The van der Waals surface area contributed by atoms with Crippen LogP contribution in [0, 0.1) is 0 Å². The number of aromatic nitrogens is 2. The standard InChI is InChI=1S/C23H26ClN3O3/c24-18-8-3-2-7-16(18)22(30-14-6-13-27-11-4-1-5-12-27)20-15-19-21(26-20)17(23(28)29)9-10-25-19/h2-3,7-10,15,22,26H,1,4-6,11-14H2,(H,28,29)/t22-/m0/s1. The molecule has 0 radical (unpaired) electrons. The van der Waals surface area contributed by atoms with Gasteiger partial charge in [-0.05, 0) is 50.6 Å². The summed E-state index contributed by atoms with van der Waals surface area (Å²) in [6, 6.07) is 10.9. The molecule has 0 bridgehead atoms. The van der Waals surface area contributed by atoms with Crippen molar-refractivity contribution in [3.8, 4) is 0 Å². The largest absolute Gasteiger partial charge is 0.478 e. The van der Waals surface area contributed by atoms with Crippen LogP contribution < -0.4 is 0 Å². The van der Waals surface area contributed by atoms with Gasteiger partial charge in [0, 0.05) is 29.9 Å². The third-order valence-corrected chi connectivity index (χ3v) is 5.94. The fourth-order valence-corrected chi connectivity index (χ4v) is 4.31. The summed E-state index contributed by atoms with van der Waals surface area (Å²) < 4.78 is 6.30. The number of carboxylic acids is 1. The number of hydrogen-bond acceptors (Lipinski definition) is 4. The highest BCUT2D eigenvalue weighted by molar-refractivity contribution is 6.31. The number of pyridine rings is 1. The van der Waals surface area contributed by atoms with Crippen molar-refractivity contribution in [1.82, 2.24) is 14.9 Å². The lowest BCUT2D eigenvalue weighted by Gasteiger charge is -2.26. The maximum Gasteiger partial charge on any atom is 0.337 e. The van der Waals surface area contributed by atoms with Crippen LogP contribution in [0.4, 0.5) is 0 Å². The number of nitrogens with zero attached hydrogens (tertiary/aromatic N) is 2. The van der Waals surface area contributed by atoms with Crippen molar-refractivity contribution in [1.29, 1.82) is 0 Å². The molecule has 1 fully saturated rings. The van der Waals surface area contributed by atoms with E-state index in [0.29, 0.717) is 22.7 Å². The minimum atomic E-state index is -0.993. The number of halogens is 1. The predicted octanol–water partition coefficient (Wildman–Crippen LogP) is 4.90. The number of hydrogen-bond donors (Lipinski definition) is 2. The molecule has 0 spiro atoms. The number of benzene rings is 1. The zero-order valence-corrected chi connectivity index (χ0v) is 17.6. The SMILES string of the molecule is O=C(O)c1ccnc2cc([C@@H](OCCCN3CCCCC3)c3ccccc3Cl)[nH]c12. The maximum atomic E-state index is 11.6. The van der Waals surface area contributed by atoms with Gasteiger partial charge in [0.05, 0.1) is 22.3 Å². The van der Waals surface area contributed by atoms with E-state index in [4.69, 9.17) is 16.3 Å². The third-order valence-electron chi connectivity index (χ3n) is 5.59. The molecule has 1 atom stereocenters. The van der Waals surface area contributed by atoms with Crippen molar-refractivity contribution in [3.63, 3.8) is 0 Å². The normalized spacial score (nSPS) is 16.0. The van der Waals surface area contributed by atoms with E-state index in [-0.39, 0.29) is 5.56 Å². The van der Waals surface area contributed by atoms with Crippen molar-refractivity contribution in [2.75, 3.05) is 26.2 Å². The van der Waals surface area contributed by atoms with Crippen LogP contribution in [-0.4, -0.2) is 52.2 Å². The summed E-state index contributed by atoms with van der Waals surface area (Å²) in [5, 5.41) is 10.1. The first-order valence-corrected chi connectivity index (χ1v) is 10.8. The lowest BCUT2D eigenvalue weighted by atomic mass is 10.1. The van der Waals surface area contributed by atoms with Crippen molar-refractivity contribution in [2.45, 2.75) is 31.8 Å². The van der Waals surface area contributed by atoms with Gasteiger partial charge in [-0.3, -0.25) is 4.98 Å². The number of carbonyl (C=O) groups is 1. The highest BCUT2D eigenvalue weighted by Crippen LogP contribution is 2.33. The Bertz CT molecular complexity index is 1010. The summed E-state index contributed by atoms with van der Waals surface area (Å²) in [7, 11) is 0. The average Bonchev–Trinajstić information content (AvgIpc) is 3.19. The number of rotatable bonds is 8. The van der Waals surface area contributed by atoms with Crippen molar-refractivity contribution < 1.29 is 14.6 Å². The van der Waals surface area contributed by atoms with E-state index in [9.17, 15) is 9.90 Å². The zero-order chi connectivity index (χ0) is 20.9. The number of fused-ring (bicyclic) bond motifs is 1. The molecule has 1 aliphatic heterocycles. The number of carboxylic acid groups (broad SMARTS) is 1. The molecule has 3 heterocycles. The summed E-state index contributed by atoms with van der Waals surface area (Å²) in [6.07, 6.45) is 5.89. The second kappa shape index (κ2) is 9.60. The number of aromatic amines is 1. The Labute approximate surface area is 180 Å². The van der Waals surface area contributed by atoms with Gasteiger partial charge in [0.15, 0.2) is 0 Å². The molecule has 4 rings (SSSR count). The van der Waals surface area contributed by atoms with Crippen LogP contribution in [0.2, 0.25) is 5.02 Å². The highest BCUT2D eigenvalue weighted by atomic mass is 35.5. The Morgan fingerprint density at radius 3 is 2.80 bits per heavy atom. The molecule has 0 saturated carbocycles. The zero-order valence-electron chi connectivity index (χ0n) is 16.8. The number of ether oxygens (including phenoxy) is 1. The van der Waals surface area contributed by atoms with Crippen LogP contribution >= 0.6 is 11.6 Å². The second-order valence-electron chi connectivity index (χ2n) is 7.68. The maximum absolute atomic E-state index is 11.6. The molecule has 0 unspecified atom stereocenters. The van der Waals surface area contributed by atoms with E-state index in [1.807, 2.05) is 30.3 Å². The quantitative estimate of drug-likeness (QED) is 0.500. The van der Waals surface area contributed by atoms with E-state index >= 15 is 0 Å². The minimum Gasteiger partial charge on any atom is -0.478 e. The Hall–Kier alpha value is -2.41. The van der Waals surface area contributed by atoms with Gasteiger partial charge in [0.2, 0.25) is 0 Å². The van der Waals surface area contributed by atoms with E-state index in [2.05, 4.69) is 14.9 Å². The van der Waals surface area contributed by atoms with Gasteiger partial charge < -0.3 is 19.7 Å². The summed E-state index contributed by atoms with van der Waals surface area (Å²) in [5.41, 5.74) is 2.87. The molecule has 0 amide bonds. The van der Waals surface area contributed by atoms with Gasteiger partial charge in [-0.25, -0.2) is 4.79 Å². The fraction of sp³-hybridized carbons (Fsp3) is 0.391. The van der Waals surface area contributed by atoms with Crippen molar-refractivity contribution >= 4 is 28.6 Å². The van der Waals surface area contributed by atoms with Gasteiger partial charge in [0.25, 0.3) is 0 Å². The molecule has 6 nitrogen and oxygen atoms in total. The van der Waals surface area contributed by atoms with Gasteiger partial charge in [-0.15, -0.1) is 0 Å². The van der Waals surface area contributed by atoms with E-state index in [1.54, 1.807) is 0 Å². The molecular formula is C23H26ClN3O3. The molecule has 1 saturated heterocycles. The molecule has 2 N–H and O–H groups in total. The Morgan fingerprint density at radius 2 is 2.03 bits per heavy atom. The fourth-order valence-electron chi connectivity index (χ4n) is 4.07. The van der Waals surface area contributed by atoms with Crippen LogP contribution in [0.25, 0.3) is 11.0 Å². The van der Waals surface area contributed by atoms with Crippen LogP contribution in [0.15, 0.2) is 42.6 Å². The molecule has 158 valence electrons. The molecule has 7 heteroatoms. The first-order valence-electron chi connectivity index (χ1n) is 10.4. The molecule has 3 aromatic rings. The van der Waals surface area contributed by atoms with Gasteiger partial charge in [-0.1, -0.05) is 36.2 Å². The average molecular weight is 428 g/mol. The van der Waals surface area contributed by atoms with Crippen molar-refractivity contribution in [3.05, 3.63) is 64.4 Å². The number of likely N-dealkylation sites (tertiary alicyclic amines) is 1. The summed E-state index contributed by atoms with van der Waals surface area (Å²) in [5.74, 6) is -0.993. The Balaban J connectivity index is 1.56. The molecule has 1 aliphatic rings. The van der Waals surface area contributed by atoms with Crippen LogP contribution in [0.1, 0.15) is 53.4 Å². The smallest absolute Gasteiger partial charge is 0.337 e. The number of piperidine rings is 1. The van der Waals surface area contributed by atoms with Crippen LogP contribution in [-0.2, 0) is 4.74 Å². The monoisotopic (exact) mass is 427 g/mol. The van der Waals surface area contributed by atoms with Gasteiger partial charge >= 0.3 is 5.97 Å². The first-order chi connectivity index (χ1) is 14.6. The van der Waals surface area contributed by atoms with Crippen LogP contribution in [0.5, 0.6) is 0 Å². The number of aromatic carboxylic acids is 1. The Kier molecular flexibility index (Phi) is 6.67. The molecule has 0 aliphatic carbocycles. The molecule has 30 heavy (non-hydrogen) atoms. The number of H-pyrrole nitrogens is 1. The van der Waals surface area contributed by atoms with Crippen LogP contribution in [0.3, 0.4) is 0 Å². The molecular weight excluding hydrogens is 402 g/mol. The van der Waals surface area contributed by atoms with E-state index in [0.717, 1.165) is 24.2 Å². The van der Waals surface area contributed by atoms with E-state index < -0.39 is 12.1 Å². The summed E-state index contributed by atoms with van der Waals surface area (Å²) >= 11 is 6.47. The predicted molar refractivity (Wildman–Crippen MR) is 117 cm³/mol. The highest BCUT2D eigenvalue weighted by Gasteiger charge is 2.22. The first kappa shape index (κ1) is 20.8. The van der Waals surface area contributed by atoms with Crippen molar-refractivity contribution in [2.24, 2.45) is 0 Å². The minimum absolute atomic E-state index is 0.189. The lowest BCUT2D eigenvalue weighted by molar-refractivity contribution is 0.0677. The third kappa shape index (κ3) is 4.67. The number of nitrogens with one attached hydrogen (secondary N) is 1. The summed E-state index contributed by atoms with van der Waals surface area (Å²) in [4.78, 5) is 21.6. The molecule has 2 aromatic heterocycles. The Morgan fingerprint density at radius 1 is 1.23 bits per heavy atom. The lowest BCUT2D eigenvalue weighted by Crippen LogP contribution is -2.31. The van der Waals surface area contributed by atoms with Gasteiger partial charge in [-0.2, -0.15) is 0 Å². The van der Waals surface area contributed by atoms with Gasteiger partial charge in [0.1, 0.15) is 6.10 Å². The second-order valence-corrected chi connectivity index (χ2v) is 8.08.